The largest absolute Gasteiger partial charge is 0.481 e. The first-order valence-electron chi connectivity index (χ1n) is 13.7. The lowest BCUT2D eigenvalue weighted by molar-refractivity contribution is -0.161. The molecule has 4 heterocycles. The van der Waals surface area contributed by atoms with E-state index in [4.69, 9.17) is 4.74 Å². The number of hydrogen-bond donors (Lipinski definition) is 2. The lowest BCUT2D eigenvalue weighted by atomic mass is 9.65. The van der Waals surface area contributed by atoms with E-state index in [-0.39, 0.29) is 31.6 Å². The van der Waals surface area contributed by atoms with E-state index in [1.54, 1.807) is 15.7 Å². The number of para-hydroxylation sites is 1. The molecule has 2 N–H and O–H groups in total. The molecule has 3 aliphatic heterocycles. The third-order valence-corrected chi connectivity index (χ3v) is 8.85. The maximum absolute atomic E-state index is 14.6. The summed E-state index contributed by atoms with van der Waals surface area (Å²) in [6.07, 6.45) is 3.33. The number of carbonyl (C=O) groups is 3. The minimum absolute atomic E-state index is 0.0555. The Labute approximate surface area is 227 Å². The summed E-state index contributed by atoms with van der Waals surface area (Å²) in [5.74, 6) is -3.84. The number of fused-ring (bicyclic) bond motifs is 2. The van der Waals surface area contributed by atoms with E-state index in [1.807, 2.05) is 45.0 Å². The lowest BCUT2D eigenvalue weighted by Gasteiger charge is -2.40. The molecule has 1 aromatic carbocycles. The number of carboxylic acid groups (broad SMARTS) is 1. The molecule has 2 bridgehead atoms. The van der Waals surface area contributed by atoms with Crippen molar-refractivity contribution >= 4 is 28.8 Å². The van der Waals surface area contributed by atoms with Crippen molar-refractivity contribution in [2.75, 3.05) is 13.2 Å². The van der Waals surface area contributed by atoms with Crippen molar-refractivity contribution in [2.24, 2.45) is 17.8 Å². The zero-order valence-corrected chi connectivity index (χ0v) is 22.7. The molecule has 0 saturated carbocycles. The van der Waals surface area contributed by atoms with Gasteiger partial charge in [0.25, 0.3) is 0 Å². The van der Waals surface area contributed by atoms with E-state index in [2.05, 4.69) is 16.9 Å². The summed E-state index contributed by atoms with van der Waals surface area (Å²) in [6, 6.07) is 5.67. The molecule has 3 fully saturated rings. The molecule has 0 radical (unpaired) electrons. The van der Waals surface area contributed by atoms with Gasteiger partial charge in [0.1, 0.15) is 29.7 Å². The fourth-order valence-corrected chi connectivity index (χ4v) is 7.25. The molecular formula is C28H37N5O6. The SMILES string of the molecule is C=CCN(Cn1nnc2ccccc21)C(=O)C1N([C@@H](CO)CC(C)C)C(=O)[C@@H]2[C@H](C(=O)O)[C@]3(CC)CCC12O3. The molecular weight excluding hydrogens is 502 g/mol. The number of rotatable bonds is 11. The van der Waals surface area contributed by atoms with Gasteiger partial charge >= 0.3 is 5.97 Å². The highest BCUT2D eigenvalue weighted by atomic mass is 16.5. The Morgan fingerprint density at radius 2 is 2.05 bits per heavy atom. The molecule has 39 heavy (non-hydrogen) atoms. The highest BCUT2D eigenvalue weighted by molar-refractivity contribution is 5.98. The van der Waals surface area contributed by atoms with Crippen molar-refractivity contribution in [3.05, 3.63) is 36.9 Å². The van der Waals surface area contributed by atoms with Crippen LogP contribution in [0.25, 0.3) is 11.0 Å². The number of amides is 2. The summed E-state index contributed by atoms with van der Waals surface area (Å²) in [7, 11) is 0. The fraction of sp³-hybridized carbons (Fsp3) is 0.607. The normalized spacial score (nSPS) is 30.2. The van der Waals surface area contributed by atoms with Crippen LogP contribution in [0.5, 0.6) is 0 Å². The lowest BCUT2D eigenvalue weighted by Crippen LogP contribution is -2.59. The monoisotopic (exact) mass is 539 g/mol. The molecule has 6 atom stereocenters. The van der Waals surface area contributed by atoms with Crippen LogP contribution in [0, 0.1) is 17.8 Å². The van der Waals surface area contributed by atoms with Crippen molar-refractivity contribution in [3.63, 3.8) is 0 Å². The zero-order valence-electron chi connectivity index (χ0n) is 22.7. The van der Waals surface area contributed by atoms with Crippen LogP contribution in [-0.2, 0) is 25.8 Å². The molecule has 1 aromatic heterocycles. The molecule has 11 heteroatoms. The molecule has 3 aliphatic rings. The average molecular weight is 540 g/mol. The van der Waals surface area contributed by atoms with Crippen molar-refractivity contribution < 1.29 is 29.3 Å². The second-order valence-electron chi connectivity index (χ2n) is 11.5. The average Bonchev–Trinajstić information content (AvgIpc) is 3.63. The number of aromatic nitrogens is 3. The van der Waals surface area contributed by atoms with Gasteiger partial charge in [-0.2, -0.15) is 0 Å². The van der Waals surface area contributed by atoms with Crippen LogP contribution in [0.1, 0.15) is 46.5 Å². The molecule has 2 amide bonds. The molecule has 1 spiro atoms. The number of likely N-dealkylation sites (tertiary alicyclic amines) is 1. The van der Waals surface area contributed by atoms with E-state index in [9.17, 15) is 24.6 Å². The smallest absolute Gasteiger partial charge is 0.310 e. The fourth-order valence-electron chi connectivity index (χ4n) is 7.25. The summed E-state index contributed by atoms with van der Waals surface area (Å²) in [4.78, 5) is 44.3. The molecule has 3 saturated heterocycles. The topological polar surface area (TPSA) is 138 Å². The van der Waals surface area contributed by atoms with Crippen LogP contribution in [-0.4, -0.2) is 89.2 Å². The Bertz CT molecular complexity index is 1290. The van der Waals surface area contributed by atoms with Gasteiger partial charge in [0.15, 0.2) is 0 Å². The van der Waals surface area contributed by atoms with Gasteiger partial charge in [0.2, 0.25) is 11.8 Å². The van der Waals surface area contributed by atoms with Crippen molar-refractivity contribution in [3.8, 4) is 0 Å². The minimum atomic E-state index is -1.29. The van der Waals surface area contributed by atoms with Crippen molar-refractivity contribution in [2.45, 2.75) is 76.4 Å². The number of ether oxygens (including phenoxy) is 1. The maximum Gasteiger partial charge on any atom is 0.310 e. The number of aliphatic hydroxyl groups excluding tert-OH is 1. The van der Waals surface area contributed by atoms with E-state index in [0.717, 1.165) is 5.52 Å². The molecule has 5 rings (SSSR count). The highest BCUT2D eigenvalue weighted by Crippen LogP contribution is 2.64. The Hall–Kier alpha value is -3.31. The number of hydrogen-bond acceptors (Lipinski definition) is 7. The third kappa shape index (κ3) is 4.05. The number of carbonyl (C=O) groups excluding carboxylic acids is 2. The van der Waals surface area contributed by atoms with Crippen LogP contribution < -0.4 is 0 Å². The molecule has 11 nitrogen and oxygen atoms in total. The maximum atomic E-state index is 14.6. The van der Waals surface area contributed by atoms with Crippen LogP contribution in [0.3, 0.4) is 0 Å². The Morgan fingerprint density at radius 1 is 1.31 bits per heavy atom. The number of aliphatic hydroxyl groups is 1. The summed E-state index contributed by atoms with van der Waals surface area (Å²) in [5, 5.41) is 29.1. The van der Waals surface area contributed by atoms with Gasteiger partial charge in [-0.15, -0.1) is 11.7 Å². The van der Waals surface area contributed by atoms with Crippen molar-refractivity contribution in [1.29, 1.82) is 0 Å². The summed E-state index contributed by atoms with van der Waals surface area (Å²) < 4.78 is 8.25. The molecule has 0 aliphatic carbocycles. The molecule has 210 valence electrons. The van der Waals surface area contributed by atoms with Gasteiger partial charge < -0.3 is 24.7 Å². The standard InChI is InChI=1S/C28H37N5O6/c1-5-13-31(16-32-20-10-8-7-9-19(20)29-30-32)25(36)23-28-12-11-27(6-2,39-28)22(26(37)38)21(28)24(35)33(23)18(15-34)14-17(3)4/h5,7-10,17-18,21-23,34H,1,6,11-16H2,2-4H3,(H,37,38)/t18-,21+,22-,23?,27+,28?/m1/s1. The quantitative estimate of drug-likeness (QED) is 0.414. The van der Waals surface area contributed by atoms with E-state index in [0.29, 0.717) is 31.2 Å². The van der Waals surface area contributed by atoms with Crippen LogP contribution in [0.4, 0.5) is 0 Å². The van der Waals surface area contributed by atoms with E-state index < -0.39 is 47.0 Å². The predicted octanol–water partition coefficient (Wildman–Crippen LogP) is 2.05. The zero-order chi connectivity index (χ0) is 28.1. The molecule has 2 aromatic rings. The van der Waals surface area contributed by atoms with Crippen LogP contribution >= 0.6 is 0 Å². The first-order chi connectivity index (χ1) is 18.6. The van der Waals surface area contributed by atoms with Crippen LogP contribution in [0.2, 0.25) is 0 Å². The van der Waals surface area contributed by atoms with Gasteiger partial charge in [-0.05, 0) is 43.7 Å². The second-order valence-corrected chi connectivity index (χ2v) is 11.5. The van der Waals surface area contributed by atoms with Gasteiger partial charge in [-0.25, -0.2) is 4.68 Å². The first-order valence-corrected chi connectivity index (χ1v) is 13.7. The number of aliphatic carboxylic acids is 1. The summed E-state index contributed by atoms with van der Waals surface area (Å²) >= 11 is 0. The predicted molar refractivity (Wildman–Crippen MR) is 141 cm³/mol. The van der Waals surface area contributed by atoms with Gasteiger partial charge in [-0.3, -0.25) is 14.4 Å². The Balaban J connectivity index is 1.60. The number of benzene rings is 1. The van der Waals surface area contributed by atoms with Gasteiger partial charge in [-0.1, -0.05) is 44.2 Å². The third-order valence-electron chi connectivity index (χ3n) is 8.85. The highest BCUT2D eigenvalue weighted by Gasteiger charge is 2.79. The second kappa shape index (κ2) is 10.0. The minimum Gasteiger partial charge on any atom is -0.481 e. The molecule has 2 unspecified atom stereocenters. The van der Waals surface area contributed by atoms with Crippen LogP contribution in [0.15, 0.2) is 36.9 Å². The number of nitrogens with zero attached hydrogens (tertiary/aromatic N) is 5. The van der Waals surface area contributed by atoms with E-state index >= 15 is 0 Å². The van der Waals surface area contributed by atoms with E-state index in [1.165, 1.54) is 4.90 Å². The van der Waals surface area contributed by atoms with Gasteiger partial charge in [0, 0.05) is 6.54 Å². The van der Waals surface area contributed by atoms with Crippen molar-refractivity contribution in [1.82, 2.24) is 24.8 Å². The Kier molecular flexibility index (Phi) is 7.00. The summed E-state index contributed by atoms with van der Waals surface area (Å²) in [5.41, 5.74) is -0.864. The van der Waals surface area contributed by atoms with Gasteiger partial charge in [0.05, 0.1) is 29.7 Å². The number of carboxylic acids is 1. The summed E-state index contributed by atoms with van der Waals surface area (Å²) in [6.45, 7) is 9.53. The first kappa shape index (κ1) is 27.3. The Morgan fingerprint density at radius 3 is 2.69 bits per heavy atom.